The molecule has 2 rings (SSSR count). The third-order valence-corrected chi connectivity index (χ3v) is 5.77. The lowest BCUT2D eigenvalue weighted by molar-refractivity contribution is 0.184. The molecular weight excluding hydrogens is 272 g/mol. The van der Waals surface area contributed by atoms with Crippen molar-refractivity contribution in [2.24, 2.45) is 5.92 Å². The highest BCUT2D eigenvalue weighted by molar-refractivity contribution is 7.91. The highest BCUT2D eigenvalue weighted by Gasteiger charge is 2.19. The zero-order chi connectivity index (χ0) is 13.0. The van der Waals surface area contributed by atoms with Gasteiger partial charge >= 0.3 is 0 Å². The van der Waals surface area contributed by atoms with E-state index in [0.717, 1.165) is 37.4 Å². The monoisotopic (exact) mass is 286 g/mol. The van der Waals surface area contributed by atoms with Crippen LogP contribution in [0.3, 0.4) is 0 Å². The van der Waals surface area contributed by atoms with Crippen molar-refractivity contribution >= 4 is 21.4 Å². The topological polar surface area (TPSA) is 79.2 Å². The van der Waals surface area contributed by atoms with Gasteiger partial charge in [-0.3, -0.25) is 0 Å². The number of nitrogens with one attached hydrogen (secondary N) is 1. The van der Waals surface area contributed by atoms with Crippen LogP contribution in [0.4, 0.5) is 0 Å². The van der Waals surface area contributed by atoms with Gasteiger partial charge in [-0.25, -0.2) is 13.1 Å². The van der Waals surface area contributed by atoms with Crippen molar-refractivity contribution in [2.75, 3.05) is 19.8 Å². The van der Waals surface area contributed by atoms with Crippen LogP contribution in [0.1, 0.15) is 17.7 Å². The lowest BCUT2D eigenvalue weighted by atomic mass is 10.1. The molecule has 7 heteroatoms. The summed E-state index contributed by atoms with van der Waals surface area (Å²) in [6.45, 7) is 1.91. The van der Waals surface area contributed by atoms with E-state index < -0.39 is 10.0 Å². The minimum Gasteiger partial charge on any atom is -0.381 e. The number of rotatable bonds is 5. The standard InChI is InChI=1S/C11H14N2O3S2/c12-7-10-1-2-11(17-10)18(14,15)13-5-3-9-4-6-16-8-9/h1-2,9,13H,3-6,8H2. The maximum Gasteiger partial charge on any atom is 0.250 e. The molecule has 1 unspecified atom stereocenters. The Hall–Kier alpha value is -0.940. The first-order valence-corrected chi connectivity index (χ1v) is 7.99. The van der Waals surface area contributed by atoms with Gasteiger partial charge in [0.1, 0.15) is 15.2 Å². The first-order valence-electron chi connectivity index (χ1n) is 5.69. The molecule has 0 radical (unpaired) electrons. The molecule has 1 aliphatic heterocycles. The molecule has 5 nitrogen and oxygen atoms in total. The van der Waals surface area contributed by atoms with Gasteiger partial charge in [-0.15, -0.1) is 11.3 Å². The summed E-state index contributed by atoms with van der Waals surface area (Å²) in [6, 6.07) is 4.91. The van der Waals surface area contributed by atoms with E-state index in [-0.39, 0.29) is 4.21 Å². The molecule has 98 valence electrons. The fourth-order valence-corrected chi connectivity index (χ4v) is 4.00. The first kappa shape index (κ1) is 13.5. The summed E-state index contributed by atoms with van der Waals surface area (Å²) in [5.41, 5.74) is 0. The lowest BCUT2D eigenvalue weighted by Crippen LogP contribution is -2.25. The van der Waals surface area contributed by atoms with Crippen LogP contribution >= 0.6 is 11.3 Å². The van der Waals surface area contributed by atoms with Gasteiger partial charge in [0, 0.05) is 19.8 Å². The number of sulfonamides is 1. The van der Waals surface area contributed by atoms with Crippen LogP contribution < -0.4 is 4.72 Å². The SMILES string of the molecule is N#Cc1ccc(S(=O)(=O)NCCC2CCOC2)s1. The molecule has 1 aromatic heterocycles. The Morgan fingerprint density at radius 3 is 3.00 bits per heavy atom. The molecule has 0 bridgehead atoms. The molecule has 1 saturated heterocycles. The maximum absolute atomic E-state index is 11.9. The zero-order valence-corrected chi connectivity index (χ0v) is 11.4. The minimum absolute atomic E-state index is 0.196. The molecule has 18 heavy (non-hydrogen) atoms. The summed E-state index contributed by atoms with van der Waals surface area (Å²) < 4.78 is 31.8. The van der Waals surface area contributed by atoms with E-state index in [1.165, 1.54) is 12.1 Å². The molecule has 2 heterocycles. The molecule has 0 aliphatic carbocycles. The Bertz CT molecular complexity index is 539. The molecule has 0 aromatic carbocycles. The summed E-state index contributed by atoms with van der Waals surface area (Å²) in [4.78, 5) is 0.402. The van der Waals surface area contributed by atoms with Crippen LogP contribution in [0, 0.1) is 17.2 Å². The molecule has 1 aliphatic rings. The number of hydrogen-bond acceptors (Lipinski definition) is 5. The normalized spacial score (nSPS) is 19.8. The van der Waals surface area contributed by atoms with Crippen LogP contribution in [0.15, 0.2) is 16.3 Å². The molecular formula is C11H14N2O3S2. The number of thiophene rings is 1. The van der Waals surface area contributed by atoms with E-state index >= 15 is 0 Å². The third kappa shape index (κ3) is 3.29. The van der Waals surface area contributed by atoms with Crippen LogP contribution in [-0.2, 0) is 14.8 Å². The predicted octanol–water partition coefficient (Wildman–Crippen LogP) is 1.32. The number of nitrogens with zero attached hydrogens (tertiary/aromatic N) is 1. The third-order valence-electron chi connectivity index (χ3n) is 2.83. The molecule has 1 fully saturated rings. The van der Waals surface area contributed by atoms with Crippen LogP contribution in [-0.4, -0.2) is 28.2 Å². The molecule has 0 saturated carbocycles. The van der Waals surface area contributed by atoms with Crippen LogP contribution in [0.5, 0.6) is 0 Å². The van der Waals surface area contributed by atoms with Crippen LogP contribution in [0.2, 0.25) is 0 Å². The Morgan fingerprint density at radius 2 is 2.39 bits per heavy atom. The van der Waals surface area contributed by atoms with Gasteiger partial charge in [0.05, 0.1) is 0 Å². The Balaban J connectivity index is 1.89. The van der Waals surface area contributed by atoms with Crippen molar-refractivity contribution in [1.29, 1.82) is 5.26 Å². The average molecular weight is 286 g/mol. The van der Waals surface area contributed by atoms with Crippen molar-refractivity contribution in [3.8, 4) is 6.07 Å². The Kier molecular flexibility index (Phi) is 4.35. The first-order chi connectivity index (χ1) is 8.62. The van der Waals surface area contributed by atoms with Crippen molar-refractivity contribution in [2.45, 2.75) is 17.1 Å². The van der Waals surface area contributed by atoms with Gasteiger partial charge in [-0.05, 0) is 30.9 Å². The summed E-state index contributed by atoms with van der Waals surface area (Å²) in [6.07, 6.45) is 1.79. The Labute approximate surface area is 110 Å². The summed E-state index contributed by atoms with van der Waals surface area (Å²) in [7, 11) is -3.46. The summed E-state index contributed by atoms with van der Waals surface area (Å²) >= 11 is 0.986. The van der Waals surface area contributed by atoms with E-state index in [1.807, 2.05) is 6.07 Å². The summed E-state index contributed by atoms with van der Waals surface area (Å²) in [5, 5.41) is 8.67. The van der Waals surface area contributed by atoms with Gasteiger partial charge < -0.3 is 4.74 Å². The van der Waals surface area contributed by atoms with Crippen molar-refractivity contribution in [1.82, 2.24) is 4.72 Å². The largest absolute Gasteiger partial charge is 0.381 e. The number of nitriles is 1. The molecule has 0 spiro atoms. The Morgan fingerprint density at radius 1 is 1.56 bits per heavy atom. The van der Waals surface area contributed by atoms with Crippen molar-refractivity contribution in [3.63, 3.8) is 0 Å². The fourth-order valence-electron chi connectivity index (χ4n) is 1.80. The molecule has 0 amide bonds. The molecule has 1 N–H and O–H groups in total. The highest BCUT2D eigenvalue weighted by Crippen LogP contribution is 2.21. The van der Waals surface area contributed by atoms with E-state index in [2.05, 4.69) is 4.72 Å². The van der Waals surface area contributed by atoms with Crippen molar-refractivity contribution in [3.05, 3.63) is 17.0 Å². The quantitative estimate of drug-likeness (QED) is 0.885. The molecule has 1 aromatic rings. The maximum atomic E-state index is 11.9. The highest BCUT2D eigenvalue weighted by atomic mass is 32.2. The van der Waals surface area contributed by atoms with Crippen molar-refractivity contribution < 1.29 is 13.2 Å². The second-order valence-electron chi connectivity index (χ2n) is 4.15. The van der Waals surface area contributed by atoms with Gasteiger partial charge in [0.15, 0.2) is 0 Å². The van der Waals surface area contributed by atoms with Gasteiger partial charge in [-0.2, -0.15) is 5.26 Å². The second-order valence-corrected chi connectivity index (χ2v) is 7.22. The van der Waals surface area contributed by atoms with Gasteiger partial charge in [0.25, 0.3) is 0 Å². The smallest absolute Gasteiger partial charge is 0.250 e. The lowest BCUT2D eigenvalue weighted by Gasteiger charge is -2.08. The molecule has 1 atom stereocenters. The number of hydrogen-bond donors (Lipinski definition) is 1. The van der Waals surface area contributed by atoms with E-state index in [4.69, 9.17) is 10.00 Å². The zero-order valence-electron chi connectivity index (χ0n) is 9.76. The van der Waals surface area contributed by atoms with E-state index in [0.29, 0.717) is 17.3 Å². The van der Waals surface area contributed by atoms with Gasteiger partial charge in [0.2, 0.25) is 10.0 Å². The minimum atomic E-state index is -3.46. The number of ether oxygens (including phenoxy) is 1. The van der Waals surface area contributed by atoms with Gasteiger partial charge in [-0.1, -0.05) is 0 Å². The fraction of sp³-hybridized carbons (Fsp3) is 0.545. The average Bonchev–Trinajstić information content (AvgIpc) is 2.99. The van der Waals surface area contributed by atoms with E-state index in [9.17, 15) is 8.42 Å². The van der Waals surface area contributed by atoms with Crippen LogP contribution in [0.25, 0.3) is 0 Å². The summed E-state index contributed by atoms with van der Waals surface area (Å²) in [5.74, 6) is 0.450. The van der Waals surface area contributed by atoms with E-state index in [1.54, 1.807) is 0 Å². The second kappa shape index (κ2) is 5.80. The predicted molar refractivity (Wildman–Crippen MR) is 67.8 cm³/mol.